The summed E-state index contributed by atoms with van der Waals surface area (Å²) in [6.45, 7) is 4.17. The lowest BCUT2D eigenvalue weighted by Crippen LogP contribution is -2.09. The van der Waals surface area contributed by atoms with E-state index in [2.05, 4.69) is 42.5 Å². The average Bonchev–Trinajstić information content (AvgIpc) is 2.09. The fraction of sp³-hybridized carbons (Fsp3) is 0.400. The summed E-state index contributed by atoms with van der Waals surface area (Å²) < 4.78 is 6.74. The third-order valence-corrected chi connectivity index (χ3v) is 2.32. The molecule has 0 aliphatic carbocycles. The van der Waals surface area contributed by atoms with Crippen molar-refractivity contribution in [2.75, 3.05) is 0 Å². The van der Waals surface area contributed by atoms with E-state index in [1.807, 2.05) is 18.2 Å². The van der Waals surface area contributed by atoms with Crippen molar-refractivity contribution >= 4 is 22.6 Å². The summed E-state index contributed by atoms with van der Waals surface area (Å²) >= 11 is 2.25. The fourth-order valence-electron chi connectivity index (χ4n) is 0.765. The lowest BCUT2D eigenvalue weighted by molar-refractivity contribution is 0.217. The Labute approximate surface area is 87.3 Å². The Morgan fingerprint density at radius 2 is 2.33 bits per heavy atom. The van der Waals surface area contributed by atoms with Gasteiger partial charge in [-0.25, -0.2) is 0 Å². The first-order chi connectivity index (χ1) is 5.72. The third kappa shape index (κ3) is 3.01. The van der Waals surface area contributed by atoms with Crippen LogP contribution in [0.5, 0.6) is 5.75 Å². The van der Waals surface area contributed by atoms with E-state index in [0.29, 0.717) is 0 Å². The van der Waals surface area contributed by atoms with Crippen molar-refractivity contribution in [3.05, 3.63) is 27.8 Å². The lowest BCUT2D eigenvalue weighted by Gasteiger charge is -2.11. The van der Waals surface area contributed by atoms with Crippen LogP contribution < -0.4 is 4.74 Å². The first kappa shape index (κ1) is 9.84. The van der Waals surface area contributed by atoms with Crippen LogP contribution >= 0.6 is 22.6 Å². The zero-order valence-electron chi connectivity index (χ0n) is 7.30. The van der Waals surface area contributed by atoms with Crippen LogP contribution in [0.2, 0.25) is 0 Å². The molecule has 0 fully saturated rings. The molecular formula is C10H12IO. The van der Waals surface area contributed by atoms with Crippen molar-refractivity contribution in [2.45, 2.75) is 26.4 Å². The second-order valence-corrected chi connectivity index (χ2v) is 3.95. The van der Waals surface area contributed by atoms with E-state index in [4.69, 9.17) is 4.74 Å². The van der Waals surface area contributed by atoms with Crippen LogP contribution in [-0.4, -0.2) is 6.10 Å². The molecule has 1 atom stereocenters. The normalized spacial score (nSPS) is 12.6. The number of hydrogen-bond donors (Lipinski definition) is 0. The average molecular weight is 275 g/mol. The summed E-state index contributed by atoms with van der Waals surface area (Å²) in [6.07, 6.45) is 1.31. The van der Waals surface area contributed by atoms with Crippen LogP contribution in [0.3, 0.4) is 0 Å². The SMILES string of the molecule is CCC(C)Oc1[c]cc(I)cc1. The van der Waals surface area contributed by atoms with E-state index in [9.17, 15) is 0 Å². The molecule has 2 heteroatoms. The van der Waals surface area contributed by atoms with Gasteiger partial charge in [0.2, 0.25) is 0 Å². The molecule has 0 amide bonds. The molecule has 0 aliphatic rings. The number of rotatable bonds is 3. The summed E-state index contributed by atoms with van der Waals surface area (Å²) in [4.78, 5) is 0. The minimum atomic E-state index is 0.279. The van der Waals surface area contributed by atoms with Gasteiger partial charge < -0.3 is 4.74 Å². The first-order valence-corrected chi connectivity index (χ1v) is 5.14. The van der Waals surface area contributed by atoms with Gasteiger partial charge in [-0.2, -0.15) is 0 Å². The van der Waals surface area contributed by atoms with Gasteiger partial charge in [-0.15, -0.1) is 0 Å². The summed E-state index contributed by atoms with van der Waals surface area (Å²) in [7, 11) is 0. The molecule has 1 rings (SSSR count). The van der Waals surface area contributed by atoms with E-state index in [1.54, 1.807) is 0 Å². The Balaban J connectivity index is 2.58. The van der Waals surface area contributed by atoms with Gasteiger partial charge in [0.25, 0.3) is 0 Å². The van der Waals surface area contributed by atoms with Crippen molar-refractivity contribution in [3.63, 3.8) is 0 Å². The van der Waals surface area contributed by atoms with Crippen molar-refractivity contribution < 1.29 is 4.74 Å². The fourth-order valence-corrected chi connectivity index (χ4v) is 1.10. The third-order valence-electron chi connectivity index (χ3n) is 1.65. The second-order valence-electron chi connectivity index (χ2n) is 2.71. The highest BCUT2D eigenvalue weighted by molar-refractivity contribution is 14.1. The van der Waals surface area contributed by atoms with Gasteiger partial charge in [-0.05, 0) is 54.1 Å². The van der Waals surface area contributed by atoms with Crippen LogP contribution in [0.1, 0.15) is 20.3 Å². The summed E-state index contributed by atoms with van der Waals surface area (Å²) in [5, 5.41) is 0. The number of hydrogen-bond acceptors (Lipinski definition) is 1. The van der Waals surface area contributed by atoms with Gasteiger partial charge in [-0.3, -0.25) is 0 Å². The van der Waals surface area contributed by atoms with Crippen LogP contribution in [0.4, 0.5) is 0 Å². The Morgan fingerprint density at radius 1 is 1.58 bits per heavy atom. The molecule has 0 aliphatic heterocycles. The lowest BCUT2D eigenvalue weighted by atomic mass is 10.3. The van der Waals surface area contributed by atoms with Crippen molar-refractivity contribution in [3.8, 4) is 5.75 Å². The quantitative estimate of drug-likeness (QED) is 0.769. The van der Waals surface area contributed by atoms with Gasteiger partial charge in [0.05, 0.1) is 6.10 Å². The Morgan fingerprint density at radius 3 is 2.83 bits per heavy atom. The Hall–Kier alpha value is -0.250. The van der Waals surface area contributed by atoms with Gasteiger partial charge in [0.1, 0.15) is 5.75 Å². The highest BCUT2D eigenvalue weighted by Gasteiger charge is 1.99. The van der Waals surface area contributed by atoms with Crippen LogP contribution in [0.25, 0.3) is 0 Å². The molecule has 0 saturated heterocycles. The van der Waals surface area contributed by atoms with Gasteiger partial charge in [0.15, 0.2) is 0 Å². The molecular weight excluding hydrogens is 263 g/mol. The molecule has 1 aromatic rings. The Bertz CT molecular complexity index is 230. The highest BCUT2D eigenvalue weighted by Crippen LogP contribution is 2.14. The second kappa shape index (κ2) is 4.70. The molecule has 0 saturated carbocycles. The van der Waals surface area contributed by atoms with Crippen LogP contribution in [0, 0.1) is 9.64 Å². The number of benzene rings is 1. The zero-order valence-corrected chi connectivity index (χ0v) is 9.46. The van der Waals surface area contributed by atoms with Crippen molar-refractivity contribution in [1.29, 1.82) is 0 Å². The minimum absolute atomic E-state index is 0.279. The zero-order chi connectivity index (χ0) is 8.97. The van der Waals surface area contributed by atoms with Gasteiger partial charge in [0, 0.05) is 9.64 Å². The molecule has 1 aromatic carbocycles. The van der Waals surface area contributed by atoms with Crippen LogP contribution in [-0.2, 0) is 0 Å². The molecule has 1 unspecified atom stereocenters. The van der Waals surface area contributed by atoms with Crippen molar-refractivity contribution in [2.24, 2.45) is 0 Å². The molecule has 0 spiro atoms. The van der Waals surface area contributed by atoms with E-state index >= 15 is 0 Å². The Kier molecular flexibility index (Phi) is 3.85. The van der Waals surface area contributed by atoms with E-state index < -0.39 is 0 Å². The molecule has 1 nitrogen and oxygen atoms in total. The molecule has 12 heavy (non-hydrogen) atoms. The maximum Gasteiger partial charge on any atom is 0.127 e. The van der Waals surface area contributed by atoms with E-state index in [-0.39, 0.29) is 6.10 Å². The smallest absolute Gasteiger partial charge is 0.127 e. The molecule has 0 aromatic heterocycles. The summed E-state index contributed by atoms with van der Waals surface area (Å²) in [5.41, 5.74) is 0. The topological polar surface area (TPSA) is 9.23 Å². The van der Waals surface area contributed by atoms with Gasteiger partial charge in [-0.1, -0.05) is 6.92 Å². The molecule has 65 valence electrons. The molecule has 1 radical (unpaired) electrons. The maximum atomic E-state index is 5.56. The molecule has 0 bridgehead atoms. The number of ether oxygens (including phenoxy) is 1. The van der Waals surface area contributed by atoms with E-state index in [1.165, 1.54) is 3.57 Å². The largest absolute Gasteiger partial charge is 0.490 e. The monoisotopic (exact) mass is 275 g/mol. The van der Waals surface area contributed by atoms with E-state index in [0.717, 1.165) is 12.2 Å². The minimum Gasteiger partial charge on any atom is -0.490 e. The van der Waals surface area contributed by atoms with Crippen molar-refractivity contribution in [1.82, 2.24) is 0 Å². The number of halogens is 1. The highest BCUT2D eigenvalue weighted by atomic mass is 127. The molecule has 0 N–H and O–H groups in total. The maximum absolute atomic E-state index is 5.56. The van der Waals surface area contributed by atoms with Gasteiger partial charge >= 0.3 is 0 Å². The first-order valence-electron chi connectivity index (χ1n) is 4.06. The predicted octanol–water partition coefficient (Wildman–Crippen LogP) is 3.27. The standard InChI is InChI=1S/C10H12IO/c1-3-8(2)12-10-6-4-9(11)5-7-10/h4-6,8H,3H2,1-2H3. The predicted molar refractivity (Wildman–Crippen MR) is 58.4 cm³/mol. The summed E-state index contributed by atoms with van der Waals surface area (Å²) in [6, 6.07) is 8.98. The van der Waals surface area contributed by atoms with Crippen LogP contribution in [0.15, 0.2) is 18.2 Å². The summed E-state index contributed by atoms with van der Waals surface area (Å²) in [5.74, 6) is 0.838. The molecule has 0 heterocycles.